The highest BCUT2D eigenvalue weighted by atomic mass is 35.5. The van der Waals surface area contributed by atoms with Crippen LogP contribution < -0.4 is 9.80 Å². The van der Waals surface area contributed by atoms with Crippen LogP contribution in [0.4, 0.5) is 5.69 Å². The van der Waals surface area contributed by atoms with Gasteiger partial charge in [0.25, 0.3) is 0 Å². The van der Waals surface area contributed by atoms with E-state index in [4.69, 9.17) is 11.6 Å². The van der Waals surface area contributed by atoms with Crippen LogP contribution in [0.2, 0.25) is 5.02 Å². The number of Topliss-reactive ketones (excluding diaryl/α,β-unsaturated/α-hetero) is 1. The molecule has 3 heterocycles. The van der Waals surface area contributed by atoms with Gasteiger partial charge in [-0.2, -0.15) is 0 Å². The predicted octanol–water partition coefficient (Wildman–Crippen LogP) is 1.76. The lowest BCUT2D eigenvalue weighted by molar-refractivity contribution is -0.915. The summed E-state index contributed by atoms with van der Waals surface area (Å²) in [5.74, 6) is -1.46. The van der Waals surface area contributed by atoms with Crippen LogP contribution in [-0.2, 0) is 9.59 Å². The summed E-state index contributed by atoms with van der Waals surface area (Å²) in [6.45, 7) is 0.827. The van der Waals surface area contributed by atoms with Gasteiger partial charge in [-0.15, -0.1) is 0 Å². The number of nitrogens with zero attached hydrogens (tertiary/aromatic N) is 1. The van der Waals surface area contributed by atoms with Crippen LogP contribution in [-0.4, -0.2) is 36.2 Å². The number of halogens is 1. The molecule has 1 N–H and O–H groups in total. The lowest BCUT2D eigenvalue weighted by atomic mass is 9.85. The van der Waals surface area contributed by atoms with Gasteiger partial charge in [0, 0.05) is 23.4 Å². The van der Waals surface area contributed by atoms with Crippen molar-refractivity contribution in [2.75, 3.05) is 11.4 Å². The highest BCUT2D eigenvalue weighted by molar-refractivity contribution is 6.30. The van der Waals surface area contributed by atoms with E-state index < -0.39 is 17.9 Å². The molecule has 28 heavy (non-hydrogen) atoms. The number of carbonyl (C=O) groups excluding carboxylic acids is 3. The molecule has 0 aliphatic carbocycles. The van der Waals surface area contributed by atoms with Gasteiger partial charge in [-0.25, -0.2) is 4.90 Å². The van der Waals surface area contributed by atoms with E-state index in [9.17, 15) is 14.4 Å². The molecule has 0 aromatic heterocycles. The summed E-state index contributed by atoms with van der Waals surface area (Å²) >= 11 is 5.96. The molecule has 5 nitrogen and oxygen atoms in total. The Hall–Kier alpha value is -2.50. The Morgan fingerprint density at radius 2 is 1.64 bits per heavy atom. The van der Waals surface area contributed by atoms with Crippen LogP contribution in [0.3, 0.4) is 0 Å². The second-order valence-electron chi connectivity index (χ2n) is 7.82. The average Bonchev–Trinajstić information content (AvgIpc) is 3.35. The van der Waals surface area contributed by atoms with Crippen LogP contribution in [0.15, 0.2) is 54.6 Å². The van der Waals surface area contributed by atoms with Crippen LogP contribution in [0.25, 0.3) is 0 Å². The Morgan fingerprint density at radius 1 is 0.964 bits per heavy atom. The lowest BCUT2D eigenvalue weighted by Gasteiger charge is -2.25. The van der Waals surface area contributed by atoms with Crippen LogP contribution in [0.1, 0.15) is 23.2 Å². The standard InChI is InChI=1S/C22H19ClN2O3/c23-14-10-8-13(9-11-14)20(26)19-18-17(16-7-4-12-24(16)19)21(27)25(22(18)28)15-5-2-1-3-6-15/h1-3,5-6,8-11,16-19H,4,7,12H2/p+1/t16-,17-,18-,19+/m1/s1. The first kappa shape index (κ1) is 17.6. The smallest absolute Gasteiger partial charge is 0.244 e. The van der Waals surface area contributed by atoms with E-state index in [2.05, 4.69) is 0 Å². The van der Waals surface area contributed by atoms with Crippen LogP contribution in [0.5, 0.6) is 0 Å². The average molecular weight is 396 g/mol. The van der Waals surface area contributed by atoms with E-state index in [0.717, 1.165) is 24.3 Å². The first-order valence-electron chi connectivity index (χ1n) is 9.66. The maximum Gasteiger partial charge on any atom is 0.244 e. The van der Waals surface area contributed by atoms with Gasteiger partial charge in [0.1, 0.15) is 17.9 Å². The fraction of sp³-hybridized carbons (Fsp3) is 0.318. The normalized spacial score (nSPS) is 31.2. The van der Waals surface area contributed by atoms with Crippen molar-refractivity contribution in [3.63, 3.8) is 0 Å². The molecule has 2 aromatic carbocycles. The molecular weight excluding hydrogens is 376 g/mol. The maximum absolute atomic E-state index is 13.4. The van der Waals surface area contributed by atoms with Gasteiger partial charge in [0.05, 0.1) is 12.2 Å². The predicted molar refractivity (Wildman–Crippen MR) is 104 cm³/mol. The molecule has 0 spiro atoms. The third kappa shape index (κ3) is 2.46. The Morgan fingerprint density at radius 3 is 2.36 bits per heavy atom. The van der Waals surface area contributed by atoms with Crippen molar-refractivity contribution in [3.8, 4) is 0 Å². The van der Waals surface area contributed by atoms with Crippen molar-refractivity contribution < 1.29 is 19.3 Å². The van der Waals surface area contributed by atoms with Gasteiger partial charge in [-0.05, 0) is 36.4 Å². The summed E-state index contributed by atoms with van der Waals surface area (Å²) in [6, 6.07) is 15.3. The van der Waals surface area contributed by atoms with Gasteiger partial charge < -0.3 is 4.90 Å². The number of ketones is 1. The quantitative estimate of drug-likeness (QED) is 0.636. The number of carbonyl (C=O) groups is 3. The highest BCUT2D eigenvalue weighted by Gasteiger charge is 2.68. The number of hydrogen-bond donors (Lipinski definition) is 1. The summed E-state index contributed by atoms with van der Waals surface area (Å²) in [5.41, 5.74) is 1.13. The molecule has 0 radical (unpaired) electrons. The van der Waals surface area contributed by atoms with Crippen molar-refractivity contribution >= 4 is 34.9 Å². The molecular formula is C22H20ClN2O3+. The van der Waals surface area contributed by atoms with Gasteiger partial charge >= 0.3 is 0 Å². The molecule has 3 aliphatic heterocycles. The zero-order valence-electron chi connectivity index (χ0n) is 15.2. The monoisotopic (exact) mass is 395 g/mol. The van der Waals surface area contributed by atoms with E-state index in [1.54, 1.807) is 36.4 Å². The summed E-state index contributed by atoms with van der Waals surface area (Å²) in [5, 5.41) is 0.564. The Balaban J connectivity index is 1.55. The SMILES string of the molecule is O=C(c1ccc(Cl)cc1)[C@@H]1[C@@H]2C(=O)N(c3ccccc3)C(=O)[C@@H]2[C@H]2CCC[NH+]21. The number of para-hydroxylation sites is 1. The molecule has 5 rings (SSSR count). The maximum atomic E-state index is 13.4. The largest absolute Gasteiger partial charge is 0.322 e. The number of quaternary nitrogens is 1. The summed E-state index contributed by atoms with van der Waals surface area (Å²) in [7, 11) is 0. The van der Waals surface area contributed by atoms with Gasteiger partial charge in [0.15, 0.2) is 6.04 Å². The number of anilines is 1. The highest BCUT2D eigenvalue weighted by Crippen LogP contribution is 2.40. The molecule has 3 saturated heterocycles. The van der Waals surface area contributed by atoms with Crippen molar-refractivity contribution in [2.24, 2.45) is 11.8 Å². The fourth-order valence-corrected chi connectivity index (χ4v) is 5.49. The fourth-order valence-electron chi connectivity index (χ4n) is 5.37. The minimum absolute atomic E-state index is 0.0383. The van der Waals surface area contributed by atoms with Gasteiger partial charge in [0.2, 0.25) is 17.6 Å². The van der Waals surface area contributed by atoms with E-state index in [1.165, 1.54) is 4.90 Å². The van der Waals surface area contributed by atoms with Gasteiger partial charge in [-0.3, -0.25) is 14.4 Å². The summed E-state index contributed by atoms with van der Waals surface area (Å²) < 4.78 is 0. The molecule has 5 atom stereocenters. The van der Waals surface area contributed by atoms with Crippen molar-refractivity contribution in [1.82, 2.24) is 0 Å². The number of benzene rings is 2. The molecule has 0 saturated carbocycles. The topological polar surface area (TPSA) is 58.9 Å². The first-order chi connectivity index (χ1) is 13.6. The number of hydrogen-bond acceptors (Lipinski definition) is 3. The Bertz CT molecular complexity index is 960. The van der Waals surface area contributed by atoms with Crippen LogP contribution >= 0.6 is 11.6 Å². The Labute approximate surface area is 167 Å². The molecule has 1 unspecified atom stereocenters. The lowest BCUT2D eigenvalue weighted by Crippen LogP contribution is -3.16. The van der Waals surface area contributed by atoms with E-state index in [1.807, 2.05) is 18.2 Å². The number of rotatable bonds is 3. The molecule has 2 amide bonds. The zero-order chi connectivity index (χ0) is 19.4. The molecule has 142 valence electrons. The molecule has 3 fully saturated rings. The minimum atomic E-state index is -0.587. The third-order valence-electron chi connectivity index (χ3n) is 6.47. The van der Waals surface area contributed by atoms with Crippen molar-refractivity contribution in [2.45, 2.75) is 24.9 Å². The second kappa shape index (κ2) is 6.54. The number of nitrogens with one attached hydrogen (secondary N) is 1. The molecule has 6 heteroatoms. The molecule has 0 bridgehead atoms. The third-order valence-corrected chi connectivity index (χ3v) is 6.72. The first-order valence-corrected chi connectivity index (χ1v) is 10.0. The van der Waals surface area contributed by atoms with E-state index in [0.29, 0.717) is 16.3 Å². The van der Waals surface area contributed by atoms with E-state index in [-0.39, 0.29) is 23.6 Å². The Kier molecular flexibility index (Phi) is 4.11. The number of fused-ring (bicyclic) bond motifs is 3. The summed E-state index contributed by atoms with van der Waals surface area (Å²) in [6.07, 6.45) is 1.85. The molecule has 2 aromatic rings. The number of amides is 2. The minimum Gasteiger partial charge on any atom is -0.322 e. The second-order valence-corrected chi connectivity index (χ2v) is 8.26. The van der Waals surface area contributed by atoms with E-state index >= 15 is 0 Å². The van der Waals surface area contributed by atoms with Crippen LogP contribution in [0, 0.1) is 11.8 Å². The van der Waals surface area contributed by atoms with Gasteiger partial charge in [-0.1, -0.05) is 29.8 Å². The summed E-state index contributed by atoms with van der Waals surface area (Å²) in [4.78, 5) is 42.4. The van der Waals surface area contributed by atoms with Crippen molar-refractivity contribution in [1.29, 1.82) is 0 Å². The van der Waals surface area contributed by atoms with Crippen molar-refractivity contribution in [3.05, 3.63) is 65.2 Å². The molecule has 3 aliphatic rings. The number of imide groups is 1. The zero-order valence-corrected chi connectivity index (χ0v) is 15.9.